The molecule has 2 nitrogen and oxygen atoms in total. The molecule has 0 amide bonds. The van der Waals surface area contributed by atoms with Crippen LogP contribution in [-0.2, 0) is 6.42 Å². The molecule has 0 bridgehead atoms. The molecule has 0 aromatic carbocycles. The van der Waals surface area contributed by atoms with Crippen molar-refractivity contribution >= 4 is 5.78 Å². The Balaban J connectivity index is 2.51. The molecular weight excluding hydrogens is 174 g/mol. The minimum Gasteiger partial charge on any atom is -0.294 e. The topological polar surface area (TPSA) is 30.0 Å². The lowest BCUT2D eigenvalue weighted by Crippen LogP contribution is -2.19. The lowest BCUT2D eigenvalue weighted by Gasteiger charge is -2.19. The third kappa shape index (κ3) is 1.42. The van der Waals surface area contributed by atoms with Crippen LogP contribution in [0.3, 0.4) is 0 Å². The number of carbonyl (C=O) groups excluding carboxylic acids is 1. The van der Waals surface area contributed by atoms with Gasteiger partial charge in [-0.05, 0) is 18.4 Å². The van der Waals surface area contributed by atoms with Gasteiger partial charge in [-0.15, -0.1) is 6.42 Å². The van der Waals surface area contributed by atoms with E-state index < -0.39 is 0 Å². The second kappa shape index (κ2) is 3.26. The van der Waals surface area contributed by atoms with Gasteiger partial charge in [0.1, 0.15) is 0 Å². The van der Waals surface area contributed by atoms with Gasteiger partial charge in [-0.25, -0.2) is 0 Å². The molecule has 1 aromatic rings. The number of aromatic nitrogens is 1. The molecule has 0 fully saturated rings. The molecule has 1 atom stereocenters. The predicted octanol–water partition coefficient (Wildman–Crippen LogP) is 1.83. The summed E-state index contributed by atoms with van der Waals surface area (Å²) >= 11 is 0. The summed E-state index contributed by atoms with van der Waals surface area (Å²) in [5, 5.41) is 0. The van der Waals surface area contributed by atoms with E-state index in [1.807, 2.05) is 0 Å². The van der Waals surface area contributed by atoms with Gasteiger partial charge >= 0.3 is 0 Å². The Labute approximate surface area is 83.4 Å². The molecular formula is C12H11NO. The van der Waals surface area contributed by atoms with Gasteiger partial charge in [-0.3, -0.25) is 9.78 Å². The highest BCUT2D eigenvalue weighted by Gasteiger charge is 2.23. The molecule has 1 unspecified atom stereocenters. The van der Waals surface area contributed by atoms with Crippen molar-refractivity contribution in [3.05, 3.63) is 29.1 Å². The number of ketones is 1. The van der Waals surface area contributed by atoms with E-state index in [2.05, 4.69) is 17.8 Å². The van der Waals surface area contributed by atoms with Gasteiger partial charge in [-0.2, -0.15) is 0 Å². The van der Waals surface area contributed by atoms with E-state index in [1.54, 1.807) is 12.3 Å². The second-order valence-corrected chi connectivity index (χ2v) is 3.80. The van der Waals surface area contributed by atoms with Gasteiger partial charge in [0.05, 0.1) is 5.69 Å². The van der Waals surface area contributed by atoms with Crippen LogP contribution in [0, 0.1) is 18.3 Å². The number of nitrogens with zero attached hydrogens (tertiary/aromatic N) is 1. The van der Waals surface area contributed by atoms with Crippen LogP contribution in [0.25, 0.3) is 0 Å². The molecule has 0 saturated heterocycles. The molecule has 0 saturated carbocycles. The molecule has 1 aliphatic rings. The van der Waals surface area contributed by atoms with Crippen LogP contribution in [0.2, 0.25) is 0 Å². The lowest BCUT2D eigenvalue weighted by atomic mass is 9.87. The van der Waals surface area contributed by atoms with Gasteiger partial charge in [0.15, 0.2) is 5.78 Å². The van der Waals surface area contributed by atoms with E-state index in [0.29, 0.717) is 17.9 Å². The smallest absolute Gasteiger partial charge is 0.165 e. The van der Waals surface area contributed by atoms with E-state index in [1.165, 1.54) is 0 Å². The quantitative estimate of drug-likeness (QED) is 0.577. The zero-order valence-corrected chi connectivity index (χ0v) is 8.08. The van der Waals surface area contributed by atoms with Crippen molar-refractivity contribution in [3.8, 4) is 12.3 Å². The molecule has 14 heavy (non-hydrogen) atoms. The number of terminal acetylenes is 1. The van der Waals surface area contributed by atoms with E-state index in [9.17, 15) is 4.79 Å². The highest BCUT2D eigenvalue weighted by Crippen LogP contribution is 2.23. The van der Waals surface area contributed by atoms with Gasteiger partial charge in [0.2, 0.25) is 0 Å². The third-order valence-corrected chi connectivity index (χ3v) is 2.51. The maximum Gasteiger partial charge on any atom is 0.165 e. The predicted molar refractivity (Wildman–Crippen MR) is 54.0 cm³/mol. The standard InChI is InChI=1S/C12H11NO/c1-3-9-6-10-11(13-7-9)4-8(2)5-12(10)14/h1,6-8H,4-5H2,2H3. The summed E-state index contributed by atoms with van der Waals surface area (Å²) in [5.74, 6) is 3.07. The van der Waals surface area contributed by atoms with E-state index in [-0.39, 0.29) is 5.78 Å². The Morgan fingerprint density at radius 3 is 3.07 bits per heavy atom. The van der Waals surface area contributed by atoms with Crippen LogP contribution in [0.15, 0.2) is 12.3 Å². The van der Waals surface area contributed by atoms with Crippen molar-refractivity contribution < 1.29 is 4.79 Å². The molecule has 2 heteroatoms. The third-order valence-electron chi connectivity index (χ3n) is 2.51. The second-order valence-electron chi connectivity index (χ2n) is 3.80. The summed E-state index contributed by atoms with van der Waals surface area (Å²) in [6.07, 6.45) is 8.41. The van der Waals surface area contributed by atoms with E-state index in [0.717, 1.165) is 17.7 Å². The number of Topliss-reactive ketones (excluding diaryl/α,β-unsaturated/α-hetero) is 1. The van der Waals surface area contributed by atoms with Crippen LogP contribution < -0.4 is 0 Å². The molecule has 1 aliphatic carbocycles. The van der Waals surface area contributed by atoms with Crippen LogP contribution >= 0.6 is 0 Å². The van der Waals surface area contributed by atoms with Crippen molar-refractivity contribution in [1.82, 2.24) is 4.98 Å². The monoisotopic (exact) mass is 185 g/mol. The fraction of sp³-hybridized carbons (Fsp3) is 0.333. The number of hydrogen-bond donors (Lipinski definition) is 0. The minimum atomic E-state index is 0.170. The summed E-state index contributed by atoms with van der Waals surface area (Å²) < 4.78 is 0. The molecule has 0 aliphatic heterocycles. The van der Waals surface area contributed by atoms with Gasteiger partial charge in [0.25, 0.3) is 0 Å². The van der Waals surface area contributed by atoms with Crippen LogP contribution in [-0.4, -0.2) is 10.8 Å². The average Bonchev–Trinajstić information content (AvgIpc) is 2.17. The first-order valence-corrected chi connectivity index (χ1v) is 4.69. The van der Waals surface area contributed by atoms with Crippen molar-refractivity contribution in [3.63, 3.8) is 0 Å². The Morgan fingerprint density at radius 2 is 2.36 bits per heavy atom. The van der Waals surface area contributed by atoms with Gasteiger partial charge in [-0.1, -0.05) is 12.8 Å². The highest BCUT2D eigenvalue weighted by molar-refractivity contribution is 5.98. The Bertz CT molecular complexity index is 428. The SMILES string of the molecule is C#Cc1cnc2c(c1)C(=O)CC(C)C2. The molecule has 1 heterocycles. The number of carbonyl (C=O) groups is 1. The number of rotatable bonds is 0. The Morgan fingerprint density at radius 1 is 1.57 bits per heavy atom. The van der Waals surface area contributed by atoms with Gasteiger partial charge in [0, 0.05) is 23.7 Å². The highest BCUT2D eigenvalue weighted by atomic mass is 16.1. The average molecular weight is 185 g/mol. The fourth-order valence-corrected chi connectivity index (χ4v) is 1.80. The van der Waals surface area contributed by atoms with E-state index >= 15 is 0 Å². The fourth-order valence-electron chi connectivity index (χ4n) is 1.80. The summed E-state index contributed by atoms with van der Waals surface area (Å²) in [4.78, 5) is 15.9. The van der Waals surface area contributed by atoms with Crippen molar-refractivity contribution in [1.29, 1.82) is 0 Å². The zero-order chi connectivity index (χ0) is 10.1. The Hall–Kier alpha value is -1.62. The number of pyridine rings is 1. The first kappa shape index (κ1) is 8.96. The van der Waals surface area contributed by atoms with Crippen molar-refractivity contribution in [2.45, 2.75) is 19.8 Å². The summed E-state index contributed by atoms with van der Waals surface area (Å²) in [6, 6.07) is 1.77. The molecule has 0 N–H and O–H groups in total. The number of hydrogen-bond acceptors (Lipinski definition) is 2. The zero-order valence-electron chi connectivity index (χ0n) is 8.08. The summed E-state index contributed by atoms with van der Waals surface area (Å²) in [6.45, 7) is 2.07. The molecule has 70 valence electrons. The van der Waals surface area contributed by atoms with Gasteiger partial charge < -0.3 is 0 Å². The van der Waals surface area contributed by atoms with Crippen LogP contribution in [0.4, 0.5) is 0 Å². The largest absolute Gasteiger partial charge is 0.294 e. The maximum atomic E-state index is 11.7. The molecule has 0 radical (unpaired) electrons. The maximum absolute atomic E-state index is 11.7. The number of fused-ring (bicyclic) bond motifs is 1. The molecule has 1 aromatic heterocycles. The first-order chi connectivity index (χ1) is 6.70. The molecule has 2 rings (SSSR count). The molecule has 0 spiro atoms. The normalized spacial score (nSPS) is 20.0. The van der Waals surface area contributed by atoms with Crippen molar-refractivity contribution in [2.24, 2.45) is 5.92 Å². The van der Waals surface area contributed by atoms with Crippen LogP contribution in [0.5, 0.6) is 0 Å². The first-order valence-electron chi connectivity index (χ1n) is 4.69. The Kier molecular flexibility index (Phi) is 2.09. The minimum absolute atomic E-state index is 0.170. The summed E-state index contributed by atoms with van der Waals surface area (Å²) in [7, 11) is 0. The van der Waals surface area contributed by atoms with Crippen molar-refractivity contribution in [2.75, 3.05) is 0 Å². The lowest BCUT2D eigenvalue weighted by molar-refractivity contribution is 0.0952. The summed E-state index contributed by atoms with van der Waals surface area (Å²) in [5.41, 5.74) is 2.30. The van der Waals surface area contributed by atoms with Crippen LogP contribution in [0.1, 0.15) is 35.0 Å². The van der Waals surface area contributed by atoms with E-state index in [4.69, 9.17) is 6.42 Å².